The van der Waals surface area contributed by atoms with Crippen LogP contribution in [0.2, 0.25) is 0 Å². The lowest BCUT2D eigenvalue weighted by Crippen LogP contribution is -2.39. The molecule has 0 saturated heterocycles. The highest BCUT2D eigenvalue weighted by Crippen LogP contribution is 2.15. The second-order valence-electron chi connectivity index (χ2n) is 6.26. The van der Waals surface area contributed by atoms with Gasteiger partial charge in [0.05, 0.1) is 5.69 Å². The van der Waals surface area contributed by atoms with Crippen molar-refractivity contribution in [2.75, 3.05) is 13.1 Å². The van der Waals surface area contributed by atoms with Crippen LogP contribution in [0.5, 0.6) is 0 Å². The Labute approximate surface area is 167 Å². The second-order valence-corrected chi connectivity index (χ2v) is 6.26. The topological polar surface area (TPSA) is 62.5 Å². The summed E-state index contributed by atoms with van der Waals surface area (Å²) in [7, 11) is 0. The zero-order valence-corrected chi connectivity index (χ0v) is 17.8. The molecule has 0 spiro atoms. The predicted molar refractivity (Wildman–Crippen MR) is 114 cm³/mol. The molecule has 0 aliphatic carbocycles. The third-order valence-corrected chi connectivity index (χ3v) is 3.85. The van der Waals surface area contributed by atoms with Crippen LogP contribution >= 0.6 is 24.0 Å². The summed E-state index contributed by atoms with van der Waals surface area (Å²) in [5.41, 5.74) is 2.29. The Morgan fingerprint density at radius 3 is 2.48 bits per heavy atom. The fraction of sp³-hybridized carbons (Fsp3) is 0.474. The summed E-state index contributed by atoms with van der Waals surface area (Å²) in [6.07, 6.45) is 0. The van der Waals surface area contributed by atoms with Crippen LogP contribution in [-0.2, 0) is 6.54 Å². The molecule has 1 aromatic carbocycles. The Morgan fingerprint density at radius 2 is 1.88 bits per heavy atom. The van der Waals surface area contributed by atoms with E-state index in [0.717, 1.165) is 30.5 Å². The van der Waals surface area contributed by atoms with Crippen LogP contribution in [0.25, 0.3) is 0 Å². The Bertz CT molecular complexity index is 640. The van der Waals surface area contributed by atoms with Crippen LogP contribution in [0, 0.1) is 0 Å². The monoisotopic (exact) mass is 456 g/mol. The molecule has 138 valence electrons. The third-order valence-electron chi connectivity index (χ3n) is 3.85. The van der Waals surface area contributed by atoms with Gasteiger partial charge in [0.1, 0.15) is 6.54 Å². The van der Waals surface area contributed by atoms with E-state index in [2.05, 4.69) is 72.7 Å². The van der Waals surface area contributed by atoms with Crippen molar-refractivity contribution in [3.05, 3.63) is 53.4 Å². The van der Waals surface area contributed by atoms with Crippen molar-refractivity contribution in [3.8, 4) is 0 Å². The normalized spacial score (nSPS) is 12.6. The highest BCUT2D eigenvalue weighted by molar-refractivity contribution is 14.0. The third kappa shape index (κ3) is 7.05. The van der Waals surface area contributed by atoms with Crippen molar-refractivity contribution in [1.82, 2.24) is 15.8 Å². The van der Waals surface area contributed by atoms with E-state index in [0.29, 0.717) is 18.4 Å². The number of aromatic nitrogens is 1. The molecule has 1 aromatic heterocycles. The van der Waals surface area contributed by atoms with Gasteiger partial charge in [0.2, 0.25) is 0 Å². The summed E-state index contributed by atoms with van der Waals surface area (Å²) in [6.45, 7) is 10.6. The minimum Gasteiger partial charge on any atom is -0.359 e. The van der Waals surface area contributed by atoms with Crippen molar-refractivity contribution in [1.29, 1.82) is 0 Å². The Hall–Kier alpha value is -1.57. The first kappa shape index (κ1) is 21.5. The minimum atomic E-state index is 0. The number of nitrogens with zero attached hydrogens (tertiary/aromatic N) is 2. The smallest absolute Gasteiger partial charge is 0.191 e. The summed E-state index contributed by atoms with van der Waals surface area (Å²) >= 11 is 0. The van der Waals surface area contributed by atoms with E-state index in [1.54, 1.807) is 0 Å². The van der Waals surface area contributed by atoms with E-state index in [1.807, 2.05) is 12.1 Å². The van der Waals surface area contributed by atoms with Gasteiger partial charge in [-0.3, -0.25) is 0 Å². The SMILES string of the molecule is CCNC(=NCc1cc(C(C)C)no1)NCC(C)c1ccccc1.I. The van der Waals surface area contributed by atoms with E-state index >= 15 is 0 Å². The molecule has 2 aromatic rings. The molecule has 1 atom stereocenters. The standard InChI is InChI=1S/C19H28N4O.HI/c1-5-20-19(21-12-15(4)16-9-7-6-8-10-16)22-13-17-11-18(14(2)3)23-24-17;/h6-11,14-15H,5,12-13H2,1-4H3,(H2,20,21,22);1H. The van der Waals surface area contributed by atoms with Gasteiger partial charge in [0, 0.05) is 19.2 Å². The van der Waals surface area contributed by atoms with Gasteiger partial charge in [-0.25, -0.2) is 4.99 Å². The van der Waals surface area contributed by atoms with Gasteiger partial charge >= 0.3 is 0 Å². The summed E-state index contributed by atoms with van der Waals surface area (Å²) < 4.78 is 5.34. The van der Waals surface area contributed by atoms with Gasteiger partial charge in [0.25, 0.3) is 0 Å². The number of nitrogens with one attached hydrogen (secondary N) is 2. The number of guanidine groups is 1. The average Bonchev–Trinajstić information content (AvgIpc) is 3.07. The molecule has 0 aliphatic rings. The molecular formula is C19H29IN4O. The van der Waals surface area contributed by atoms with E-state index < -0.39 is 0 Å². The van der Waals surface area contributed by atoms with Crippen molar-refractivity contribution < 1.29 is 4.52 Å². The molecule has 2 N–H and O–H groups in total. The Balaban J connectivity index is 0.00000312. The maximum absolute atomic E-state index is 5.34. The summed E-state index contributed by atoms with van der Waals surface area (Å²) in [5, 5.41) is 10.7. The van der Waals surface area contributed by atoms with Crippen molar-refractivity contribution >= 4 is 29.9 Å². The molecule has 5 nitrogen and oxygen atoms in total. The lowest BCUT2D eigenvalue weighted by molar-refractivity contribution is 0.376. The maximum Gasteiger partial charge on any atom is 0.191 e. The quantitative estimate of drug-likeness (QED) is 0.371. The van der Waals surface area contributed by atoms with Crippen LogP contribution in [0.15, 0.2) is 45.9 Å². The van der Waals surface area contributed by atoms with Crippen molar-refractivity contribution in [2.45, 2.75) is 46.1 Å². The maximum atomic E-state index is 5.34. The summed E-state index contributed by atoms with van der Waals surface area (Å²) in [5.74, 6) is 2.35. The molecule has 1 unspecified atom stereocenters. The van der Waals surface area contributed by atoms with Gasteiger partial charge in [-0.05, 0) is 24.3 Å². The van der Waals surface area contributed by atoms with Crippen LogP contribution in [0.3, 0.4) is 0 Å². The zero-order chi connectivity index (χ0) is 17.4. The molecule has 0 amide bonds. The Kier molecular flexibility index (Phi) is 9.55. The number of aliphatic imine (C=N–C) groups is 1. The van der Waals surface area contributed by atoms with Gasteiger partial charge in [0.15, 0.2) is 11.7 Å². The fourth-order valence-corrected chi connectivity index (χ4v) is 2.32. The van der Waals surface area contributed by atoms with E-state index in [4.69, 9.17) is 4.52 Å². The summed E-state index contributed by atoms with van der Waals surface area (Å²) in [4.78, 5) is 4.58. The van der Waals surface area contributed by atoms with Crippen LogP contribution < -0.4 is 10.6 Å². The fourth-order valence-electron chi connectivity index (χ4n) is 2.32. The molecule has 0 aliphatic heterocycles. The number of halogens is 1. The van der Waals surface area contributed by atoms with Crippen molar-refractivity contribution in [2.24, 2.45) is 4.99 Å². The van der Waals surface area contributed by atoms with E-state index in [-0.39, 0.29) is 24.0 Å². The van der Waals surface area contributed by atoms with Gasteiger partial charge in [-0.15, -0.1) is 24.0 Å². The first-order valence-electron chi connectivity index (χ1n) is 8.62. The van der Waals surface area contributed by atoms with Gasteiger partial charge < -0.3 is 15.2 Å². The molecule has 0 radical (unpaired) electrons. The second kappa shape index (κ2) is 11.1. The van der Waals surface area contributed by atoms with Crippen molar-refractivity contribution in [3.63, 3.8) is 0 Å². The van der Waals surface area contributed by atoms with E-state index in [9.17, 15) is 0 Å². The summed E-state index contributed by atoms with van der Waals surface area (Å²) in [6, 6.07) is 12.5. The number of rotatable bonds is 7. The molecular weight excluding hydrogens is 427 g/mol. The largest absolute Gasteiger partial charge is 0.359 e. The molecule has 0 fully saturated rings. The Morgan fingerprint density at radius 1 is 1.16 bits per heavy atom. The highest BCUT2D eigenvalue weighted by Gasteiger charge is 2.09. The number of benzene rings is 1. The first-order valence-corrected chi connectivity index (χ1v) is 8.62. The van der Waals surface area contributed by atoms with E-state index in [1.165, 1.54) is 5.56 Å². The molecule has 2 rings (SSSR count). The van der Waals surface area contributed by atoms with Gasteiger partial charge in [-0.2, -0.15) is 0 Å². The average molecular weight is 456 g/mol. The molecule has 6 heteroatoms. The number of hydrogen-bond acceptors (Lipinski definition) is 3. The van der Waals surface area contributed by atoms with Gasteiger partial charge in [-0.1, -0.05) is 56.3 Å². The molecule has 1 heterocycles. The lowest BCUT2D eigenvalue weighted by atomic mass is 10.0. The highest BCUT2D eigenvalue weighted by atomic mass is 127. The predicted octanol–water partition coefficient (Wildman–Crippen LogP) is 4.27. The molecule has 0 saturated carbocycles. The number of hydrogen-bond donors (Lipinski definition) is 2. The first-order chi connectivity index (χ1) is 11.6. The lowest BCUT2D eigenvalue weighted by Gasteiger charge is -2.16. The van der Waals surface area contributed by atoms with Crippen LogP contribution in [0.1, 0.15) is 56.5 Å². The molecule has 25 heavy (non-hydrogen) atoms. The zero-order valence-electron chi connectivity index (χ0n) is 15.5. The molecule has 0 bridgehead atoms. The van der Waals surface area contributed by atoms with Crippen LogP contribution in [-0.4, -0.2) is 24.2 Å². The minimum absolute atomic E-state index is 0. The van der Waals surface area contributed by atoms with Crippen LogP contribution in [0.4, 0.5) is 0 Å².